The Hall–Kier alpha value is -0.900. The number of hydrogen-bond donors (Lipinski definition) is 3. The maximum Gasteiger partial charge on any atom is 0.0552 e. The lowest BCUT2D eigenvalue weighted by Crippen LogP contribution is -2.11. The van der Waals surface area contributed by atoms with Gasteiger partial charge in [-0.2, -0.15) is 0 Å². The summed E-state index contributed by atoms with van der Waals surface area (Å²) >= 11 is 0. The number of benzene rings is 1. The van der Waals surface area contributed by atoms with Crippen LogP contribution in [0.3, 0.4) is 0 Å². The molecule has 1 aromatic carbocycles. The van der Waals surface area contributed by atoms with E-state index in [0.29, 0.717) is 13.0 Å². The molecule has 0 aromatic heterocycles. The molecule has 1 rings (SSSR count). The average Bonchev–Trinajstić information content (AvgIpc) is 2.08. The molecule has 0 amide bonds. The van der Waals surface area contributed by atoms with E-state index in [1.165, 1.54) is 0 Å². The standard InChI is InChI=1S/C10H15NO2/c1-8(12)6-9-4-2-3-5-10(9)7-11-13/h2-5,8,11-13H,6-7H2,1H3. The predicted molar refractivity (Wildman–Crippen MR) is 50.5 cm³/mol. The van der Waals surface area contributed by atoms with Crippen molar-refractivity contribution >= 4 is 0 Å². The summed E-state index contributed by atoms with van der Waals surface area (Å²) in [6, 6.07) is 7.73. The van der Waals surface area contributed by atoms with Crippen LogP contribution in [0.2, 0.25) is 0 Å². The van der Waals surface area contributed by atoms with Crippen LogP contribution >= 0.6 is 0 Å². The quantitative estimate of drug-likeness (QED) is 0.609. The van der Waals surface area contributed by atoms with E-state index in [4.69, 9.17) is 5.21 Å². The predicted octanol–water partition coefficient (Wildman–Crippen LogP) is 1.09. The summed E-state index contributed by atoms with van der Waals surface area (Å²) in [5.41, 5.74) is 4.20. The second-order valence-corrected chi connectivity index (χ2v) is 3.16. The fourth-order valence-corrected chi connectivity index (χ4v) is 1.33. The first kappa shape index (κ1) is 10.2. The zero-order valence-corrected chi connectivity index (χ0v) is 7.70. The Morgan fingerprint density at radius 2 is 1.92 bits per heavy atom. The molecule has 3 heteroatoms. The highest BCUT2D eigenvalue weighted by Gasteiger charge is 2.03. The van der Waals surface area contributed by atoms with Crippen molar-refractivity contribution < 1.29 is 10.3 Å². The summed E-state index contributed by atoms with van der Waals surface area (Å²) in [4.78, 5) is 0. The lowest BCUT2D eigenvalue weighted by molar-refractivity contribution is 0.160. The van der Waals surface area contributed by atoms with Gasteiger partial charge in [0.25, 0.3) is 0 Å². The van der Waals surface area contributed by atoms with Gasteiger partial charge in [0.15, 0.2) is 0 Å². The van der Waals surface area contributed by atoms with Gasteiger partial charge in [0.2, 0.25) is 0 Å². The number of aliphatic hydroxyl groups is 1. The van der Waals surface area contributed by atoms with E-state index in [1.54, 1.807) is 6.92 Å². The summed E-state index contributed by atoms with van der Waals surface area (Å²) in [5.74, 6) is 0. The Morgan fingerprint density at radius 3 is 2.46 bits per heavy atom. The van der Waals surface area contributed by atoms with Crippen LogP contribution < -0.4 is 5.48 Å². The molecule has 0 bridgehead atoms. The largest absolute Gasteiger partial charge is 0.393 e. The molecule has 13 heavy (non-hydrogen) atoms. The van der Waals surface area contributed by atoms with Gasteiger partial charge < -0.3 is 10.3 Å². The zero-order valence-electron chi connectivity index (χ0n) is 7.70. The minimum absolute atomic E-state index is 0.347. The maximum atomic E-state index is 9.22. The Balaban J connectivity index is 2.78. The second kappa shape index (κ2) is 4.97. The van der Waals surface area contributed by atoms with Crippen molar-refractivity contribution in [2.45, 2.75) is 26.0 Å². The number of rotatable bonds is 4. The molecule has 0 aliphatic rings. The van der Waals surface area contributed by atoms with Crippen molar-refractivity contribution in [3.8, 4) is 0 Å². The summed E-state index contributed by atoms with van der Waals surface area (Å²) < 4.78 is 0. The van der Waals surface area contributed by atoms with E-state index in [2.05, 4.69) is 5.48 Å². The molecule has 3 N–H and O–H groups in total. The molecule has 0 fully saturated rings. The topological polar surface area (TPSA) is 52.5 Å². The molecular formula is C10H15NO2. The number of hydrogen-bond acceptors (Lipinski definition) is 3. The van der Waals surface area contributed by atoms with Crippen molar-refractivity contribution in [3.05, 3.63) is 35.4 Å². The molecule has 3 nitrogen and oxygen atoms in total. The van der Waals surface area contributed by atoms with Gasteiger partial charge in [0, 0.05) is 6.54 Å². The summed E-state index contributed by atoms with van der Waals surface area (Å²) in [5, 5.41) is 17.8. The van der Waals surface area contributed by atoms with Gasteiger partial charge in [-0.1, -0.05) is 24.3 Å². The van der Waals surface area contributed by atoms with Crippen molar-refractivity contribution in [3.63, 3.8) is 0 Å². The van der Waals surface area contributed by atoms with Crippen LogP contribution in [-0.2, 0) is 13.0 Å². The second-order valence-electron chi connectivity index (χ2n) is 3.16. The molecule has 0 saturated heterocycles. The number of nitrogens with one attached hydrogen (secondary N) is 1. The van der Waals surface area contributed by atoms with E-state index < -0.39 is 0 Å². The number of aliphatic hydroxyl groups excluding tert-OH is 1. The molecule has 0 aliphatic heterocycles. The molecule has 0 aliphatic carbocycles. The minimum atomic E-state index is -0.347. The molecule has 0 radical (unpaired) electrons. The molecular weight excluding hydrogens is 166 g/mol. The lowest BCUT2D eigenvalue weighted by atomic mass is 10.0. The minimum Gasteiger partial charge on any atom is -0.393 e. The van der Waals surface area contributed by atoms with E-state index in [9.17, 15) is 5.11 Å². The van der Waals surface area contributed by atoms with Crippen molar-refractivity contribution in [1.29, 1.82) is 0 Å². The molecule has 0 saturated carbocycles. The van der Waals surface area contributed by atoms with E-state index >= 15 is 0 Å². The van der Waals surface area contributed by atoms with E-state index in [0.717, 1.165) is 11.1 Å². The monoisotopic (exact) mass is 181 g/mol. The zero-order chi connectivity index (χ0) is 9.68. The first-order valence-corrected chi connectivity index (χ1v) is 4.36. The fourth-order valence-electron chi connectivity index (χ4n) is 1.33. The SMILES string of the molecule is CC(O)Cc1ccccc1CNO. The highest BCUT2D eigenvalue weighted by molar-refractivity contribution is 5.27. The third-order valence-corrected chi connectivity index (χ3v) is 1.90. The molecule has 0 spiro atoms. The van der Waals surface area contributed by atoms with E-state index in [1.807, 2.05) is 24.3 Å². The summed E-state index contributed by atoms with van der Waals surface area (Å²) in [6.45, 7) is 2.17. The molecule has 0 heterocycles. The van der Waals surface area contributed by atoms with Crippen molar-refractivity contribution in [2.75, 3.05) is 0 Å². The normalized spacial score (nSPS) is 12.8. The van der Waals surface area contributed by atoms with Crippen LogP contribution in [0.1, 0.15) is 18.1 Å². The van der Waals surface area contributed by atoms with E-state index in [-0.39, 0.29) is 6.10 Å². The highest BCUT2D eigenvalue weighted by Crippen LogP contribution is 2.10. The van der Waals surface area contributed by atoms with Crippen molar-refractivity contribution in [1.82, 2.24) is 5.48 Å². The van der Waals surface area contributed by atoms with Gasteiger partial charge in [-0.15, -0.1) is 0 Å². The Labute approximate surface area is 78.0 Å². The van der Waals surface area contributed by atoms with Crippen molar-refractivity contribution in [2.24, 2.45) is 0 Å². The van der Waals surface area contributed by atoms with Gasteiger partial charge in [-0.25, -0.2) is 5.48 Å². The number of hydroxylamine groups is 1. The third kappa shape index (κ3) is 3.14. The third-order valence-electron chi connectivity index (χ3n) is 1.90. The van der Waals surface area contributed by atoms with Crippen LogP contribution in [0.15, 0.2) is 24.3 Å². The Kier molecular flexibility index (Phi) is 3.89. The Morgan fingerprint density at radius 1 is 1.31 bits per heavy atom. The van der Waals surface area contributed by atoms with Crippen LogP contribution in [0.5, 0.6) is 0 Å². The maximum absolute atomic E-state index is 9.22. The van der Waals surface area contributed by atoms with Gasteiger partial charge >= 0.3 is 0 Å². The van der Waals surface area contributed by atoms with Crippen LogP contribution in [-0.4, -0.2) is 16.4 Å². The molecule has 72 valence electrons. The molecule has 1 atom stereocenters. The van der Waals surface area contributed by atoms with Gasteiger partial charge in [0.05, 0.1) is 6.10 Å². The molecule has 1 unspecified atom stereocenters. The lowest BCUT2D eigenvalue weighted by Gasteiger charge is -2.09. The fraction of sp³-hybridized carbons (Fsp3) is 0.400. The average molecular weight is 181 g/mol. The first-order valence-electron chi connectivity index (χ1n) is 4.36. The van der Waals surface area contributed by atoms with Gasteiger partial charge in [-0.05, 0) is 24.5 Å². The van der Waals surface area contributed by atoms with Gasteiger partial charge in [-0.3, -0.25) is 0 Å². The highest BCUT2D eigenvalue weighted by atomic mass is 16.5. The van der Waals surface area contributed by atoms with Crippen LogP contribution in [0.25, 0.3) is 0 Å². The summed E-state index contributed by atoms with van der Waals surface area (Å²) in [7, 11) is 0. The first-order chi connectivity index (χ1) is 6.24. The van der Waals surface area contributed by atoms with Crippen LogP contribution in [0, 0.1) is 0 Å². The smallest absolute Gasteiger partial charge is 0.0552 e. The van der Waals surface area contributed by atoms with Crippen LogP contribution in [0.4, 0.5) is 0 Å². The van der Waals surface area contributed by atoms with Gasteiger partial charge in [0.1, 0.15) is 0 Å². The Bertz CT molecular complexity index is 261. The molecule has 1 aromatic rings. The summed E-state index contributed by atoms with van der Waals surface area (Å²) in [6.07, 6.45) is 0.276.